The number of hydrogen-bond acceptors (Lipinski definition) is 4. The molecule has 1 aromatic carbocycles. The molecule has 1 aromatic heterocycles. The van der Waals surface area contributed by atoms with Crippen molar-refractivity contribution in [1.82, 2.24) is 4.98 Å². The summed E-state index contributed by atoms with van der Waals surface area (Å²) in [6.45, 7) is 5.51. The molecule has 0 aliphatic carbocycles. The fourth-order valence-electron chi connectivity index (χ4n) is 3.01. The fourth-order valence-corrected chi connectivity index (χ4v) is 3.32. The van der Waals surface area contributed by atoms with Crippen molar-refractivity contribution >= 4 is 23.2 Å². The number of carbonyl (C=O) groups is 2. The lowest BCUT2D eigenvalue weighted by atomic mass is 9.85. The molecule has 1 aliphatic heterocycles. The summed E-state index contributed by atoms with van der Waals surface area (Å²) in [5, 5.41) is 0.429. The van der Waals surface area contributed by atoms with Crippen molar-refractivity contribution in [3.8, 4) is 0 Å². The van der Waals surface area contributed by atoms with Crippen LogP contribution in [0.15, 0.2) is 36.5 Å². The smallest absolute Gasteiger partial charge is 0.232 e. The average Bonchev–Trinajstić information content (AvgIpc) is 2.59. The first-order chi connectivity index (χ1) is 11.4. The molecule has 1 fully saturated rings. The highest BCUT2D eigenvalue weighted by Crippen LogP contribution is 2.41. The van der Waals surface area contributed by atoms with Gasteiger partial charge in [0.25, 0.3) is 0 Å². The topological polar surface area (TPSA) is 56.3 Å². The zero-order valence-electron chi connectivity index (χ0n) is 13.7. The summed E-state index contributed by atoms with van der Waals surface area (Å²) in [4.78, 5) is 29.4. The third kappa shape index (κ3) is 2.76. The van der Waals surface area contributed by atoms with Gasteiger partial charge in [-0.15, -0.1) is 0 Å². The number of aryl methyl sites for hydroxylation is 1. The number of aromatic nitrogens is 1. The maximum Gasteiger partial charge on any atom is 0.232 e. The van der Waals surface area contributed by atoms with Gasteiger partial charge in [-0.05, 0) is 43.2 Å². The van der Waals surface area contributed by atoms with Gasteiger partial charge >= 0.3 is 0 Å². The SMILES string of the molecule is Cc1ccc(Cl)c(C2OC(c3ccccn3)C(C)C(=O)C2=O)c1C. The molecule has 3 unspecified atom stereocenters. The molecule has 0 spiro atoms. The molecule has 124 valence electrons. The highest BCUT2D eigenvalue weighted by molar-refractivity contribution is 6.41. The van der Waals surface area contributed by atoms with E-state index in [0.717, 1.165) is 11.1 Å². The number of pyridine rings is 1. The van der Waals surface area contributed by atoms with Crippen LogP contribution in [0.1, 0.15) is 41.5 Å². The number of rotatable bonds is 2. The molecule has 0 amide bonds. The third-order valence-corrected chi connectivity index (χ3v) is 4.93. The average molecular weight is 344 g/mol. The van der Waals surface area contributed by atoms with Crippen LogP contribution >= 0.6 is 11.6 Å². The molecule has 0 N–H and O–H groups in total. The van der Waals surface area contributed by atoms with E-state index in [-0.39, 0.29) is 0 Å². The highest BCUT2D eigenvalue weighted by Gasteiger charge is 2.44. The Morgan fingerprint density at radius 3 is 2.50 bits per heavy atom. The molecule has 1 aliphatic rings. The van der Waals surface area contributed by atoms with Crippen LogP contribution in [0.3, 0.4) is 0 Å². The summed E-state index contributed by atoms with van der Waals surface area (Å²) in [6.07, 6.45) is 0.0807. The lowest BCUT2D eigenvalue weighted by Crippen LogP contribution is -2.40. The molecule has 2 aromatic rings. The van der Waals surface area contributed by atoms with E-state index in [1.807, 2.05) is 26.0 Å². The van der Waals surface area contributed by atoms with Crippen molar-refractivity contribution in [3.05, 3.63) is 63.9 Å². The molecule has 3 rings (SSSR count). The van der Waals surface area contributed by atoms with Gasteiger partial charge in [-0.3, -0.25) is 14.6 Å². The maximum atomic E-state index is 12.6. The molecular weight excluding hydrogens is 326 g/mol. The van der Waals surface area contributed by atoms with E-state index in [0.29, 0.717) is 16.3 Å². The molecule has 0 saturated carbocycles. The fraction of sp³-hybridized carbons (Fsp3) is 0.316. The van der Waals surface area contributed by atoms with Crippen molar-refractivity contribution in [2.45, 2.75) is 33.0 Å². The van der Waals surface area contributed by atoms with E-state index in [9.17, 15) is 9.59 Å². The van der Waals surface area contributed by atoms with E-state index < -0.39 is 29.7 Å². The van der Waals surface area contributed by atoms with Gasteiger partial charge in [0.15, 0.2) is 6.10 Å². The molecule has 24 heavy (non-hydrogen) atoms. The predicted molar refractivity (Wildman–Crippen MR) is 90.9 cm³/mol. The second kappa shape index (κ2) is 6.46. The number of ketones is 2. The number of hydrogen-bond donors (Lipinski definition) is 0. The van der Waals surface area contributed by atoms with Crippen molar-refractivity contribution in [3.63, 3.8) is 0 Å². The molecule has 1 saturated heterocycles. The molecule has 0 bridgehead atoms. The summed E-state index contributed by atoms with van der Waals surface area (Å²) in [5.41, 5.74) is 3.06. The van der Waals surface area contributed by atoms with Crippen molar-refractivity contribution in [2.24, 2.45) is 5.92 Å². The second-order valence-electron chi connectivity index (χ2n) is 6.11. The number of benzene rings is 1. The van der Waals surface area contributed by atoms with Crippen molar-refractivity contribution in [1.29, 1.82) is 0 Å². The standard InChI is InChI=1S/C19H18ClNO3/c1-10-7-8-13(20)15(11(10)2)19-17(23)16(22)12(3)18(24-19)14-6-4-5-9-21-14/h4-9,12,18-19H,1-3H3. The first kappa shape index (κ1) is 16.8. The first-order valence-corrected chi connectivity index (χ1v) is 8.19. The molecule has 3 atom stereocenters. The van der Waals surface area contributed by atoms with Gasteiger partial charge in [0.2, 0.25) is 11.6 Å². The maximum absolute atomic E-state index is 12.6. The Morgan fingerprint density at radius 2 is 1.83 bits per heavy atom. The number of nitrogens with zero attached hydrogens (tertiary/aromatic N) is 1. The minimum absolute atomic E-state index is 0.429. The molecule has 5 heteroatoms. The van der Waals surface area contributed by atoms with Crippen LogP contribution in [0, 0.1) is 19.8 Å². The summed E-state index contributed by atoms with van der Waals surface area (Å²) in [7, 11) is 0. The van der Waals surface area contributed by atoms with Crippen molar-refractivity contribution < 1.29 is 14.3 Å². The van der Waals surface area contributed by atoms with E-state index in [4.69, 9.17) is 16.3 Å². The first-order valence-electron chi connectivity index (χ1n) is 7.82. The summed E-state index contributed by atoms with van der Waals surface area (Å²) in [6, 6.07) is 9.04. The van der Waals surface area contributed by atoms with Gasteiger partial charge in [0.1, 0.15) is 6.10 Å². The Balaban J connectivity index is 2.07. The Hall–Kier alpha value is -2.04. The van der Waals surface area contributed by atoms with Gasteiger partial charge in [-0.1, -0.05) is 30.7 Å². The van der Waals surface area contributed by atoms with E-state index in [1.54, 1.807) is 31.3 Å². The Morgan fingerprint density at radius 1 is 1.08 bits per heavy atom. The lowest BCUT2D eigenvalue weighted by molar-refractivity contribution is -0.163. The van der Waals surface area contributed by atoms with Gasteiger partial charge in [0.05, 0.1) is 11.6 Å². The number of Topliss-reactive ketones (excluding diaryl/α,β-unsaturated/α-hetero) is 2. The highest BCUT2D eigenvalue weighted by atomic mass is 35.5. The van der Waals surface area contributed by atoms with Gasteiger partial charge in [-0.25, -0.2) is 0 Å². The molecular formula is C19H18ClNO3. The zero-order valence-corrected chi connectivity index (χ0v) is 14.5. The normalized spacial score (nSPS) is 24.2. The van der Waals surface area contributed by atoms with E-state index in [1.165, 1.54) is 0 Å². The zero-order chi connectivity index (χ0) is 17.4. The van der Waals surface area contributed by atoms with E-state index >= 15 is 0 Å². The van der Waals surface area contributed by atoms with Crippen LogP contribution in [0.2, 0.25) is 5.02 Å². The minimum Gasteiger partial charge on any atom is -0.355 e. The number of ether oxygens (including phenoxy) is 1. The Kier molecular flexibility index (Phi) is 4.52. The largest absolute Gasteiger partial charge is 0.355 e. The molecule has 4 nitrogen and oxygen atoms in total. The predicted octanol–water partition coefficient (Wildman–Crippen LogP) is 3.94. The van der Waals surface area contributed by atoms with Crippen LogP contribution < -0.4 is 0 Å². The van der Waals surface area contributed by atoms with Crippen LogP contribution in [0.25, 0.3) is 0 Å². The van der Waals surface area contributed by atoms with Gasteiger partial charge < -0.3 is 4.74 Å². The monoisotopic (exact) mass is 343 g/mol. The Bertz CT molecular complexity index is 804. The summed E-state index contributed by atoms with van der Waals surface area (Å²) >= 11 is 6.32. The number of halogens is 1. The Labute approximate surface area is 145 Å². The molecule has 0 radical (unpaired) electrons. The lowest BCUT2D eigenvalue weighted by Gasteiger charge is -2.33. The number of carbonyl (C=O) groups excluding carboxylic acids is 2. The second-order valence-corrected chi connectivity index (χ2v) is 6.52. The van der Waals surface area contributed by atoms with Crippen LogP contribution in [0.4, 0.5) is 0 Å². The van der Waals surface area contributed by atoms with Crippen LogP contribution in [-0.2, 0) is 14.3 Å². The van der Waals surface area contributed by atoms with Crippen LogP contribution in [0.5, 0.6) is 0 Å². The minimum atomic E-state index is -0.992. The van der Waals surface area contributed by atoms with Gasteiger partial charge in [0, 0.05) is 16.8 Å². The van der Waals surface area contributed by atoms with Gasteiger partial charge in [-0.2, -0.15) is 0 Å². The summed E-state index contributed by atoms with van der Waals surface area (Å²) < 4.78 is 6.05. The third-order valence-electron chi connectivity index (χ3n) is 4.61. The van der Waals surface area contributed by atoms with E-state index in [2.05, 4.69) is 4.98 Å². The quantitative estimate of drug-likeness (QED) is 0.775. The summed E-state index contributed by atoms with van der Waals surface area (Å²) in [5.74, 6) is -1.57. The van der Waals surface area contributed by atoms with Crippen molar-refractivity contribution in [2.75, 3.05) is 0 Å². The molecule has 2 heterocycles. The van der Waals surface area contributed by atoms with Crippen LogP contribution in [-0.4, -0.2) is 16.6 Å².